The average Bonchev–Trinajstić information content (AvgIpc) is 2.20. The van der Waals surface area contributed by atoms with Gasteiger partial charge >= 0.3 is 0 Å². The molecule has 3 heteroatoms. The molecule has 1 aromatic carbocycles. The van der Waals surface area contributed by atoms with Gasteiger partial charge in [-0.05, 0) is 19.1 Å². The first kappa shape index (κ1) is 8.59. The fraction of sp³-hybridized carbons (Fsp3) is 0.222. The summed E-state index contributed by atoms with van der Waals surface area (Å²) in [6.07, 6.45) is 0. The summed E-state index contributed by atoms with van der Waals surface area (Å²) in [5.74, 6) is -0.102. The van der Waals surface area contributed by atoms with E-state index in [9.17, 15) is 9.90 Å². The van der Waals surface area contributed by atoms with Crippen LogP contribution in [0, 0.1) is 0 Å². The summed E-state index contributed by atoms with van der Waals surface area (Å²) in [4.78, 5) is 11.0. The van der Waals surface area contributed by atoms with E-state index in [1.165, 1.54) is 6.07 Å². The van der Waals surface area contributed by atoms with Crippen molar-refractivity contribution in [1.82, 2.24) is 0 Å². The first-order valence-electron chi connectivity index (χ1n) is 3.70. The number of ether oxygens (including phenoxy) is 1. The van der Waals surface area contributed by atoms with Gasteiger partial charge in [-0.25, -0.2) is 0 Å². The van der Waals surface area contributed by atoms with Gasteiger partial charge in [0.1, 0.15) is 0 Å². The van der Waals surface area contributed by atoms with Crippen LogP contribution in [0.4, 0.5) is 0 Å². The van der Waals surface area contributed by atoms with Crippen molar-refractivity contribution < 1.29 is 9.84 Å². The Bertz CT molecular complexity index is 320. The molecule has 0 unspecified atom stereocenters. The second-order valence-corrected chi connectivity index (χ2v) is 2.23. The molecule has 3 nitrogen and oxygen atoms in total. The first-order chi connectivity index (χ1) is 5.75. The maximum atomic E-state index is 11.0. The van der Waals surface area contributed by atoms with Crippen LogP contribution >= 0.6 is 0 Å². The Kier molecular flexibility index (Phi) is 2.69. The van der Waals surface area contributed by atoms with Crippen LogP contribution in [0.1, 0.15) is 6.92 Å². The average molecular weight is 166 g/mol. The molecule has 0 bridgehead atoms. The summed E-state index contributed by atoms with van der Waals surface area (Å²) < 4.78 is 5.03. The van der Waals surface area contributed by atoms with E-state index < -0.39 is 5.43 Å². The lowest BCUT2D eigenvalue weighted by Gasteiger charge is -1.99. The van der Waals surface area contributed by atoms with Gasteiger partial charge in [-0.2, -0.15) is 0 Å². The number of hydrogen-bond donors (Lipinski definition) is 1. The highest BCUT2D eigenvalue weighted by molar-refractivity contribution is 5.36. The zero-order valence-electron chi connectivity index (χ0n) is 6.78. The smallest absolute Gasteiger partial charge is 0.224 e. The van der Waals surface area contributed by atoms with E-state index in [1.807, 2.05) is 0 Å². The highest BCUT2D eigenvalue weighted by atomic mass is 16.5. The van der Waals surface area contributed by atoms with E-state index in [4.69, 9.17) is 4.74 Å². The Hall–Kier alpha value is -1.51. The topological polar surface area (TPSA) is 46.5 Å². The third kappa shape index (κ3) is 1.75. The largest absolute Gasteiger partial charge is 0.502 e. The van der Waals surface area contributed by atoms with Gasteiger partial charge in [-0.15, -0.1) is 0 Å². The van der Waals surface area contributed by atoms with Gasteiger partial charge in [-0.1, -0.05) is 12.1 Å². The van der Waals surface area contributed by atoms with Crippen LogP contribution in [0.15, 0.2) is 29.1 Å². The van der Waals surface area contributed by atoms with Gasteiger partial charge in [-0.3, -0.25) is 4.79 Å². The second kappa shape index (κ2) is 3.76. The third-order valence-electron chi connectivity index (χ3n) is 1.37. The maximum Gasteiger partial charge on any atom is 0.224 e. The lowest BCUT2D eigenvalue weighted by atomic mass is 10.4. The molecule has 12 heavy (non-hydrogen) atoms. The lowest BCUT2D eigenvalue weighted by Crippen LogP contribution is -1.97. The predicted molar refractivity (Wildman–Crippen MR) is 45.5 cm³/mol. The van der Waals surface area contributed by atoms with E-state index in [1.54, 1.807) is 25.1 Å². The van der Waals surface area contributed by atoms with E-state index in [2.05, 4.69) is 0 Å². The number of aromatic hydroxyl groups is 1. The normalized spacial score (nSPS) is 9.42. The van der Waals surface area contributed by atoms with Gasteiger partial charge in [0.15, 0.2) is 5.75 Å². The molecule has 0 spiro atoms. The molecule has 0 fully saturated rings. The Morgan fingerprint density at radius 3 is 2.75 bits per heavy atom. The van der Waals surface area contributed by atoms with Crippen molar-refractivity contribution in [1.29, 1.82) is 0 Å². The minimum Gasteiger partial charge on any atom is -0.502 e. The van der Waals surface area contributed by atoms with E-state index >= 15 is 0 Å². The molecule has 64 valence electrons. The molecular formula is C9H10O3. The van der Waals surface area contributed by atoms with Crippen LogP contribution in [-0.4, -0.2) is 11.7 Å². The van der Waals surface area contributed by atoms with E-state index in [-0.39, 0.29) is 11.5 Å². The highest BCUT2D eigenvalue weighted by Crippen LogP contribution is 2.18. The van der Waals surface area contributed by atoms with Crippen molar-refractivity contribution in [3.05, 3.63) is 34.5 Å². The van der Waals surface area contributed by atoms with Gasteiger partial charge in [0.05, 0.1) is 6.61 Å². The van der Waals surface area contributed by atoms with Gasteiger partial charge < -0.3 is 9.84 Å². The zero-order valence-corrected chi connectivity index (χ0v) is 6.78. The molecule has 0 aliphatic rings. The van der Waals surface area contributed by atoms with Crippen LogP contribution in [0.25, 0.3) is 0 Å². The van der Waals surface area contributed by atoms with Crippen LogP contribution in [0.2, 0.25) is 0 Å². The molecule has 1 N–H and O–H groups in total. The fourth-order valence-electron chi connectivity index (χ4n) is 0.837. The first-order valence-corrected chi connectivity index (χ1v) is 3.70. The molecule has 0 radical (unpaired) electrons. The second-order valence-electron chi connectivity index (χ2n) is 2.23. The van der Waals surface area contributed by atoms with Crippen LogP contribution in [-0.2, 0) is 0 Å². The van der Waals surface area contributed by atoms with E-state index in [0.29, 0.717) is 6.61 Å². The fourth-order valence-corrected chi connectivity index (χ4v) is 0.837. The Balaban J connectivity index is 3.22. The Morgan fingerprint density at radius 2 is 2.08 bits per heavy atom. The van der Waals surface area contributed by atoms with Crippen LogP contribution in [0.3, 0.4) is 0 Å². The van der Waals surface area contributed by atoms with Crippen LogP contribution in [0.5, 0.6) is 11.5 Å². The van der Waals surface area contributed by atoms with Gasteiger partial charge in [0.2, 0.25) is 11.2 Å². The Morgan fingerprint density at radius 1 is 1.42 bits per heavy atom. The molecule has 0 saturated heterocycles. The quantitative estimate of drug-likeness (QED) is 0.716. The molecule has 0 aliphatic carbocycles. The molecule has 0 heterocycles. The summed E-state index contributed by atoms with van der Waals surface area (Å²) >= 11 is 0. The Labute approximate surface area is 70.2 Å². The van der Waals surface area contributed by atoms with E-state index in [0.717, 1.165) is 0 Å². The third-order valence-corrected chi connectivity index (χ3v) is 1.37. The van der Waals surface area contributed by atoms with Crippen molar-refractivity contribution in [2.75, 3.05) is 6.61 Å². The van der Waals surface area contributed by atoms with Crippen LogP contribution < -0.4 is 10.2 Å². The van der Waals surface area contributed by atoms with Crippen molar-refractivity contribution in [2.24, 2.45) is 0 Å². The van der Waals surface area contributed by atoms with Crippen molar-refractivity contribution in [2.45, 2.75) is 6.92 Å². The molecular weight excluding hydrogens is 156 g/mol. The molecule has 0 aromatic heterocycles. The summed E-state index contributed by atoms with van der Waals surface area (Å²) in [6.45, 7) is 2.22. The summed E-state index contributed by atoms with van der Waals surface area (Å²) in [6, 6.07) is 6.05. The maximum absolute atomic E-state index is 11.0. The van der Waals surface area contributed by atoms with Crippen molar-refractivity contribution >= 4 is 0 Å². The molecule has 0 aliphatic heterocycles. The van der Waals surface area contributed by atoms with Gasteiger partial charge in [0, 0.05) is 0 Å². The minimum atomic E-state index is -0.427. The van der Waals surface area contributed by atoms with Crippen molar-refractivity contribution in [3.63, 3.8) is 0 Å². The molecule has 1 rings (SSSR count). The summed E-state index contributed by atoms with van der Waals surface area (Å²) in [7, 11) is 0. The SMILES string of the molecule is CCOc1ccccc(=O)c1O. The standard InChI is InChI=1S/C9H10O3/c1-2-12-8-6-4-3-5-7(10)9(8)11/h3-6H,2H2,1H3,(H,10,11). The monoisotopic (exact) mass is 166 g/mol. The number of hydrogen-bond acceptors (Lipinski definition) is 3. The summed E-state index contributed by atoms with van der Waals surface area (Å²) in [5, 5.41) is 9.25. The predicted octanol–water partition coefficient (Wildman–Crippen LogP) is 1.15. The highest BCUT2D eigenvalue weighted by Gasteiger charge is 2.01. The zero-order chi connectivity index (χ0) is 8.97. The van der Waals surface area contributed by atoms with Crippen molar-refractivity contribution in [3.8, 4) is 11.5 Å². The lowest BCUT2D eigenvalue weighted by molar-refractivity contribution is 0.317. The molecule has 0 atom stereocenters. The summed E-state index contributed by atoms with van der Waals surface area (Å²) in [5.41, 5.74) is -0.427. The number of rotatable bonds is 2. The van der Waals surface area contributed by atoms with Gasteiger partial charge in [0.25, 0.3) is 0 Å². The molecule has 1 aromatic rings. The molecule has 0 saturated carbocycles. The minimum absolute atomic E-state index is 0.229. The molecule has 0 amide bonds.